The monoisotopic (exact) mass is 343 g/mol. The number of aryl methyl sites for hydroxylation is 1. The highest BCUT2D eigenvalue weighted by molar-refractivity contribution is 5.76. The average molecular weight is 343 g/mol. The summed E-state index contributed by atoms with van der Waals surface area (Å²) in [7, 11) is 0. The number of hydrogen-bond donors (Lipinski definition) is 0. The van der Waals surface area contributed by atoms with E-state index in [1.165, 1.54) is 0 Å². The van der Waals surface area contributed by atoms with E-state index >= 15 is 0 Å². The third-order valence-corrected chi connectivity index (χ3v) is 4.05. The lowest BCUT2D eigenvalue weighted by molar-refractivity contribution is -0.158. The lowest BCUT2D eigenvalue weighted by Gasteiger charge is -2.33. The van der Waals surface area contributed by atoms with E-state index in [-0.39, 0.29) is 25.1 Å². The van der Waals surface area contributed by atoms with Gasteiger partial charge in [-0.3, -0.25) is 9.69 Å². The van der Waals surface area contributed by atoms with Gasteiger partial charge in [0, 0.05) is 13.1 Å². The summed E-state index contributed by atoms with van der Waals surface area (Å²) < 4.78 is 25.9. The van der Waals surface area contributed by atoms with Crippen LogP contribution in [0.3, 0.4) is 0 Å². The van der Waals surface area contributed by atoms with Crippen molar-refractivity contribution in [2.75, 3.05) is 32.9 Å². The van der Waals surface area contributed by atoms with Crippen LogP contribution < -0.4 is 5.82 Å². The highest BCUT2D eigenvalue weighted by Crippen LogP contribution is 2.12. The highest BCUT2D eigenvalue weighted by Gasteiger charge is 2.31. The van der Waals surface area contributed by atoms with E-state index in [0.29, 0.717) is 32.1 Å². The van der Waals surface area contributed by atoms with Gasteiger partial charge >= 0.3 is 11.8 Å². The molecule has 0 bridgehead atoms. The second-order valence-corrected chi connectivity index (χ2v) is 5.76. The Labute approximate surface area is 140 Å². The maximum atomic E-state index is 12.3. The molecule has 2 heterocycles. The minimum Gasteiger partial charge on any atom is -0.456 e. The average Bonchev–Trinajstić information content (AvgIpc) is 2.90. The van der Waals surface area contributed by atoms with Crippen molar-refractivity contribution in [1.29, 1.82) is 0 Å². The summed E-state index contributed by atoms with van der Waals surface area (Å²) in [4.78, 5) is 25.3. The molecule has 0 aromatic carbocycles. The van der Waals surface area contributed by atoms with Crippen LogP contribution in [-0.2, 0) is 25.6 Å². The van der Waals surface area contributed by atoms with Crippen LogP contribution in [0.5, 0.6) is 0 Å². The van der Waals surface area contributed by atoms with E-state index < -0.39 is 17.8 Å². The fourth-order valence-electron chi connectivity index (χ4n) is 2.35. The van der Waals surface area contributed by atoms with Gasteiger partial charge in [0.25, 0.3) is 0 Å². The first kappa shape index (κ1) is 18.7. The smallest absolute Gasteiger partial charge is 0.456 e. The molecule has 1 aromatic heterocycles. The van der Waals surface area contributed by atoms with E-state index in [4.69, 9.17) is 23.0 Å². The Morgan fingerprint density at radius 3 is 2.88 bits per heavy atom. The molecular formula is C16H25NO7. The SMILES string of the molecule is CCC(C)OCCN1CCOC[C@H]1C(=O)OCc1oc(=O)oc1C. The number of carbonyl (C=O) groups excluding carboxylic acids is 1. The summed E-state index contributed by atoms with van der Waals surface area (Å²) in [5.74, 6) is -0.687. The van der Waals surface area contributed by atoms with Gasteiger partial charge in [-0.2, -0.15) is 0 Å². The van der Waals surface area contributed by atoms with E-state index in [1.54, 1.807) is 6.92 Å². The zero-order valence-electron chi connectivity index (χ0n) is 14.4. The van der Waals surface area contributed by atoms with Gasteiger partial charge in [-0.15, -0.1) is 0 Å². The van der Waals surface area contributed by atoms with Gasteiger partial charge < -0.3 is 23.0 Å². The Morgan fingerprint density at radius 2 is 2.21 bits per heavy atom. The van der Waals surface area contributed by atoms with Crippen LogP contribution >= 0.6 is 0 Å². The quantitative estimate of drug-likeness (QED) is 0.648. The second-order valence-electron chi connectivity index (χ2n) is 5.76. The summed E-state index contributed by atoms with van der Waals surface area (Å²) in [6.07, 6.45) is 1.15. The van der Waals surface area contributed by atoms with Gasteiger partial charge in [0.05, 0.1) is 25.9 Å². The third-order valence-electron chi connectivity index (χ3n) is 4.05. The van der Waals surface area contributed by atoms with E-state index in [9.17, 15) is 9.59 Å². The number of ether oxygens (including phenoxy) is 3. The molecule has 136 valence electrons. The Balaban J connectivity index is 1.85. The molecule has 1 aromatic rings. The molecule has 0 saturated carbocycles. The highest BCUT2D eigenvalue weighted by atomic mass is 16.6. The van der Waals surface area contributed by atoms with Crippen LogP contribution in [0.1, 0.15) is 31.8 Å². The Kier molecular flexibility index (Phi) is 7.01. The summed E-state index contributed by atoms with van der Waals surface area (Å²) in [5.41, 5.74) is 0. The van der Waals surface area contributed by atoms with Crippen molar-refractivity contribution in [3.05, 3.63) is 22.1 Å². The number of esters is 1. The van der Waals surface area contributed by atoms with Crippen molar-refractivity contribution in [2.24, 2.45) is 0 Å². The van der Waals surface area contributed by atoms with Crippen molar-refractivity contribution >= 4 is 5.97 Å². The van der Waals surface area contributed by atoms with Gasteiger partial charge in [-0.25, -0.2) is 4.79 Å². The molecule has 2 rings (SSSR count). The van der Waals surface area contributed by atoms with Crippen LogP contribution in [0.2, 0.25) is 0 Å². The first-order chi connectivity index (χ1) is 11.5. The van der Waals surface area contributed by atoms with E-state index in [0.717, 1.165) is 6.42 Å². The first-order valence-corrected chi connectivity index (χ1v) is 8.20. The fraction of sp³-hybridized carbons (Fsp3) is 0.750. The summed E-state index contributed by atoms with van der Waals surface area (Å²) >= 11 is 0. The standard InChI is InChI=1S/C16H25NO7/c1-4-11(2)21-8-6-17-5-7-20-9-13(17)15(18)22-10-14-12(3)23-16(19)24-14/h11,13H,4-10H2,1-3H3/t11?,13-/m0/s1. The number of morpholine rings is 1. The van der Waals surface area contributed by atoms with Crippen molar-refractivity contribution in [3.8, 4) is 0 Å². The van der Waals surface area contributed by atoms with E-state index in [1.807, 2.05) is 11.8 Å². The molecule has 8 heteroatoms. The summed E-state index contributed by atoms with van der Waals surface area (Å²) in [6, 6.07) is -0.488. The van der Waals surface area contributed by atoms with Gasteiger partial charge in [0.15, 0.2) is 18.1 Å². The zero-order chi connectivity index (χ0) is 17.5. The number of nitrogens with zero attached hydrogens (tertiary/aromatic N) is 1. The van der Waals surface area contributed by atoms with Gasteiger partial charge in [0.1, 0.15) is 6.04 Å². The maximum absolute atomic E-state index is 12.3. The van der Waals surface area contributed by atoms with Crippen LogP contribution in [-0.4, -0.2) is 55.9 Å². The summed E-state index contributed by atoms with van der Waals surface area (Å²) in [6.45, 7) is 8.20. The molecule has 1 aliphatic rings. The van der Waals surface area contributed by atoms with Crippen LogP contribution in [0.25, 0.3) is 0 Å². The largest absolute Gasteiger partial charge is 0.519 e. The van der Waals surface area contributed by atoms with Crippen LogP contribution in [0.15, 0.2) is 13.6 Å². The second kappa shape index (κ2) is 9.00. The molecule has 2 atom stereocenters. The molecule has 0 radical (unpaired) electrons. The van der Waals surface area contributed by atoms with Gasteiger partial charge in [-0.1, -0.05) is 6.92 Å². The molecule has 0 spiro atoms. The van der Waals surface area contributed by atoms with Crippen LogP contribution in [0.4, 0.5) is 0 Å². The Bertz CT molecular complexity index is 579. The minimum atomic E-state index is -0.802. The molecule has 24 heavy (non-hydrogen) atoms. The Hall–Kier alpha value is -1.64. The molecule has 0 N–H and O–H groups in total. The molecule has 8 nitrogen and oxygen atoms in total. The molecular weight excluding hydrogens is 318 g/mol. The Morgan fingerprint density at radius 1 is 1.42 bits per heavy atom. The molecule has 1 saturated heterocycles. The molecule has 0 amide bonds. The lowest BCUT2D eigenvalue weighted by Crippen LogP contribution is -2.51. The molecule has 1 fully saturated rings. The van der Waals surface area contributed by atoms with E-state index in [2.05, 4.69) is 6.92 Å². The van der Waals surface area contributed by atoms with Crippen LogP contribution in [0, 0.1) is 6.92 Å². The topological polar surface area (TPSA) is 91.4 Å². The first-order valence-electron chi connectivity index (χ1n) is 8.20. The van der Waals surface area contributed by atoms with Gasteiger partial charge in [-0.05, 0) is 20.3 Å². The predicted octanol–water partition coefficient (Wildman–Crippen LogP) is 1.10. The fourth-order valence-corrected chi connectivity index (χ4v) is 2.35. The zero-order valence-corrected chi connectivity index (χ0v) is 14.4. The van der Waals surface area contributed by atoms with Gasteiger partial charge in [0.2, 0.25) is 0 Å². The van der Waals surface area contributed by atoms with Crippen molar-refractivity contribution in [1.82, 2.24) is 4.90 Å². The molecule has 1 unspecified atom stereocenters. The third kappa shape index (κ3) is 5.19. The predicted molar refractivity (Wildman–Crippen MR) is 83.7 cm³/mol. The molecule has 0 aliphatic carbocycles. The lowest BCUT2D eigenvalue weighted by atomic mass is 10.2. The number of rotatable bonds is 8. The van der Waals surface area contributed by atoms with Crippen molar-refractivity contribution in [2.45, 2.75) is 45.9 Å². The maximum Gasteiger partial charge on any atom is 0.519 e. The van der Waals surface area contributed by atoms with Crippen molar-refractivity contribution in [3.63, 3.8) is 0 Å². The summed E-state index contributed by atoms with van der Waals surface area (Å²) in [5, 5.41) is 0. The molecule has 1 aliphatic heterocycles. The minimum absolute atomic E-state index is 0.135. The van der Waals surface area contributed by atoms with Crippen molar-refractivity contribution < 1.29 is 27.8 Å². The normalized spacial score (nSPS) is 20.0. The number of hydrogen-bond acceptors (Lipinski definition) is 8. The number of carbonyl (C=O) groups is 1.